The monoisotopic (exact) mass is 226 g/mol. The van der Waals surface area contributed by atoms with E-state index in [2.05, 4.69) is 20.8 Å². The average molecular weight is 226 g/mol. The molecule has 16 heavy (non-hydrogen) atoms. The fraction of sp³-hybridized carbons (Fsp3) is 0.933. The third-order valence-electron chi connectivity index (χ3n) is 3.55. The summed E-state index contributed by atoms with van der Waals surface area (Å²) in [6.07, 6.45) is 9.80. The summed E-state index contributed by atoms with van der Waals surface area (Å²) in [5.74, 6) is 1.72. The highest BCUT2D eigenvalue weighted by molar-refractivity contribution is 5.75. The van der Waals surface area contributed by atoms with Gasteiger partial charge in [-0.15, -0.1) is 0 Å². The Hall–Kier alpha value is -0.330. The Balaban J connectivity index is 4.01. The molecule has 0 heterocycles. The van der Waals surface area contributed by atoms with E-state index in [4.69, 9.17) is 0 Å². The first-order valence-electron chi connectivity index (χ1n) is 7.11. The molecule has 0 spiro atoms. The largest absolute Gasteiger partial charge is 0.300 e. The lowest BCUT2D eigenvalue weighted by molar-refractivity contribution is -0.118. The Morgan fingerprint density at radius 2 is 1.62 bits per heavy atom. The Labute approximate surface area is 102 Å². The van der Waals surface area contributed by atoms with Gasteiger partial charge in [-0.3, -0.25) is 0 Å². The van der Waals surface area contributed by atoms with Crippen molar-refractivity contribution in [2.24, 2.45) is 11.8 Å². The van der Waals surface area contributed by atoms with Crippen molar-refractivity contribution in [2.45, 2.75) is 79.1 Å². The van der Waals surface area contributed by atoms with Crippen LogP contribution in [0.5, 0.6) is 0 Å². The molecule has 0 rings (SSSR count). The normalized spacial score (nSPS) is 14.8. The Bertz CT molecular complexity index is 174. The number of carbonyl (C=O) groups is 1. The van der Waals surface area contributed by atoms with Gasteiger partial charge in [0, 0.05) is 6.42 Å². The van der Waals surface area contributed by atoms with Crippen LogP contribution in [0.25, 0.3) is 0 Å². The maximum atomic E-state index is 11.3. The molecule has 0 amide bonds. The smallest absolute Gasteiger partial charge is 0.130 e. The summed E-state index contributed by atoms with van der Waals surface area (Å²) >= 11 is 0. The van der Waals surface area contributed by atoms with Crippen LogP contribution in [0.4, 0.5) is 0 Å². The standard InChI is InChI=1S/C15H30O/c1-5-7-9-11-15(12-14(4)16)13(3)10-8-6-2/h13,15H,5-12H2,1-4H3. The molecule has 1 heteroatoms. The molecular weight excluding hydrogens is 196 g/mol. The number of hydrogen-bond donors (Lipinski definition) is 0. The highest BCUT2D eigenvalue weighted by Gasteiger charge is 2.18. The van der Waals surface area contributed by atoms with E-state index in [-0.39, 0.29) is 0 Å². The Morgan fingerprint density at radius 1 is 1.00 bits per heavy atom. The van der Waals surface area contributed by atoms with Gasteiger partial charge >= 0.3 is 0 Å². The van der Waals surface area contributed by atoms with Crippen molar-refractivity contribution in [3.63, 3.8) is 0 Å². The van der Waals surface area contributed by atoms with Crippen LogP contribution in [-0.2, 0) is 4.79 Å². The Kier molecular flexibility index (Phi) is 9.66. The van der Waals surface area contributed by atoms with Gasteiger partial charge in [-0.25, -0.2) is 0 Å². The van der Waals surface area contributed by atoms with Crippen LogP contribution in [0.2, 0.25) is 0 Å². The van der Waals surface area contributed by atoms with Gasteiger partial charge in [0.25, 0.3) is 0 Å². The van der Waals surface area contributed by atoms with Crippen molar-refractivity contribution in [1.29, 1.82) is 0 Å². The van der Waals surface area contributed by atoms with Gasteiger partial charge in [0.2, 0.25) is 0 Å². The molecule has 0 radical (unpaired) electrons. The molecule has 0 aliphatic carbocycles. The van der Waals surface area contributed by atoms with Gasteiger partial charge in [-0.2, -0.15) is 0 Å². The predicted octanol–water partition coefficient (Wildman–Crippen LogP) is 4.99. The highest BCUT2D eigenvalue weighted by atomic mass is 16.1. The molecule has 0 aliphatic rings. The maximum absolute atomic E-state index is 11.3. The lowest BCUT2D eigenvalue weighted by Crippen LogP contribution is -2.15. The number of unbranched alkanes of at least 4 members (excludes halogenated alkanes) is 3. The molecule has 0 saturated carbocycles. The average Bonchev–Trinajstić information content (AvgIpc) is 2.24. The number of ketones is 1. The van der Waals surface area contributed by atoms with E-state index in [9.17, 15) is 4.79 Å². The summed E-state index contributed by atoms with van der Waals surface area (Å²) in [7, 11) is 0. The van der Waals surface area contributed by atoms with Crippen LogP contribution >= 0.6 is 0 Å². The van der Waals surface area contributed by atoms with Crippen LogP contribution < -0.4 is 0 Å². The molecule has 96 valence electrons. The second kappa shape index (κ2) is 9.86. The molecule has 2 unspecified atom stereocenters. The quantitative estimate of drug-likeness (QED) is 0.480. The van der Waals surface area contributed by atoms with Crippen molar-refractivity contribution >= 4 is 5.78 Å². The molecular formula is C15H30O. The third-order valence-corrected chi connectivity index (χ3v) is 3.55. The highest BCUT2D eigenvalue weighted by Crippen LogP contribution is 2.26. The summed E-state index contributed by atoms with van der Waals surface area (Å²) in [5.41, 5.74) is 0. The van der Waals surface area contributed by atoms with E-state index < -0.39 is 0 Å². The van der Waals surface area contributed by atoms with E-state index in [0.717, 1.165) is 12.3 Å². The van der Waals surface area contributed by atoms with Crippen molar-refractivity contribution < 1.29 is 4.79 Å². The Morgan fingerprint density at radius 3 is 2.12 bits per heavy atom. The van der Waals surface area contributed by atoms with Gasteiger partial charge in [0.15, 0.2) is 0 Å². The first-order chi connectivity index (χ1) is 7.61. The summed E-state index contributed by atoms with van der Waals surface area (Å²) < 4.78 is 0. The fourth-order valence-electron chi connectivity index (χ4n) is 2.38. The zero-order chi connectivity index (χ0) is 12.4. The topological polar surface area (TPSA) is 17.1 Å². The second-order valence-electron chi connectivity index (χ2n) is 5.28. The molecule has 0 aromatic heterocycles. The van der Waals surface area contributed by atoms with Gasteiger partial charge in [0.05, 0.1) is 0 Å². The molecule has 0 saturated heterocycles. The van der Waals surface area contributed by atoms with Crippen molar-refractivity contribution in [3.05, 3.63) is 0 Å². The lowest BCUT2D eigenvalue weighted by Gasteiger charge is -2.23. The lowest BCUT2D eigenvalue weighted by atomic mass is 9.82. The van der Waals surface area contributed by atoms with E-state index in [1.807, 2.05) is 0 Å². The van der Waals surface area contributed by atoms with Crippen molar-refractivity contribution in [1.82, 2.24) is 0 Å². The van der Waals surface area contributed by atoms with Gasteiger partial charge in [0.1, 0.15) is 5.78 Å². The van der Waals surface area contributed by atoms with Crippen LogP contribution in [0.3, 0.4) is 0 Å². The molecule has 0 aromatic carbocycles. The summed E-state index contributed by atoms with van der Waals surface area (Å²) in [6, 6.07) is 0. The summed E-state index contributed by atoms with van der Waals surface area (Å²) in [5, 5.41) is 0. The summed E-state index contributed by atoms with van der Waals surface area (Å²) in [6.45, 7) is 8.54. The maximum Gasteiger partial charge on any atom is 0.130 e. The minimum absolute atomic E-state index is 0.366. The second-order valence-corrected chi connectivity index (χ2v) is 5.28. The number of carbonyl (C=O) groups excluding carboxylic acids is 1. The van der Waals surface area contributed by atoms with E-state index in [1.54, 1.807) is 6.92 Å². The molecule has 0 fully saturated rings. The zero-order valence-electron chi connectivity index (χ0n) is 11.7. The van der Waals surface area contributed by atoms with E-state index in [0.29, 0.717) is 11.7 Å². The number of hydrogen-bond acceptors (Lipinski definition) is 1. The molecule has 0 bridgehead atoms. The minimum atomic E-state index is 0.366. The molecule has 2 atom stereocenters. The summed E-state index contributed by atoms with van der Waals surface area (Å²) in [4.78, 5) is 11.3. The van der Waals surface area contributed by atoms with Crippen LogP contribution in [0, 0.1) is 11.8 Å². The van der Waals surface area contributed by atoms with Gasteiger partial charge < -0.3 is 4.79 Å². The first kappa shape index (κ1) is 15.7. The zero-order valence-corrected chi connectivity index (χ0v) is 11.7. The van der Waals surface area contributed by atoms with Crippen LogP contribution in [0.1, 0.15) is 79.1 Å². The first-order valence-corrected chi connectivity index (χ1v) is 7.11. The fourth-order valence-corrected chi connectivity index (χ4v) is 2.38. The third kappa shape index (κ3) is 7.90. The van der Waals surface area contributed by atoms with Gasteiger partial charge in [-0.1, -0.05) is 59.3 Å². The predicted molar refractivity (Wildman–Crippen MR) is 71.6 cm³/mol. The molecule has 1 nitrogen and oxygen atoms in total. The van der Waals surface area contributed by atoms with Crippen molar-refractivity contribution in [2.75, 3.05) is 0 Å². The molecule has 0 N–H and O–H groups in total. The van der Waals surface area contributed by atoms with E-state index >= 15 is 0 Å². The SMILES string of the molecule is CCCCCC(CC(C)=O)C(C)CCCC. The molecule has 0 aromatic rings. The van der Waals surface area contributed by atoms with E-state index in [1.165, 1.54) is 44.9 Å². The van der Waals surface area contributed by atoms with Crippen molar-refractivity contribution in [3.8, 4) is 0 Å². The number of rotatable bonds is 10. The number of Topliss-reactive ketones (excluding diaryl/α,β-unsaturated/α-hetero) is 1. The van der Waals surface area contributed by atoms with Gasteiger partial charge in [-0.05, 0) is 25.2 Å². The van der Waals surface area contributed by atoms with Crippen LogP contribution in [-0.4, -0.2) is 5.78 Å². The minimum Gasteiger partial charge on any atom is -0.300 e. The molecule has 0 aliphatic heterocycles. The van der Waals surface area contributed by atoms with Crippen LogP contribution in [0.15, 0.2) is 0 Å².